The molecule has 0 radical (unpaired) electrons. The summed E-state index contributed by atoms with van der Waals surface area (Å²) < 4.78 is 0. The topological polar surface area (TPSA) is 66.1 Å². The fraction of sp³-hybridized carbons (Fsp3) is 0.333. The third-order valence-electron chi connectivity index (χ3n) is 4.12. The number of halogens is 1. The highest BCUT2D eigenvalue weighted by Crippen LogP contribution is 2.30. The highest BCUT2D eigenvalue weighted by Gasteiger charge is 2.14. The van der Waals surface area contributed by atoms with E-state index in [0.29, 0.717) is 18.7 Å². The van der Waals surface area contributed by atoms with E-state index in [9.17, 15) is 4.79 Å². The summed E-state index contributed by atoms with van der Waals surface area (Å²) in [5, 5.41) is 10.4. The van der Waals surface area contributed by atoms with Crippen molar-refractivity contribution < 1.29 is 4.79 Å². The third kappa shape index (κ3) is 4.04. The lowest BCUT2D eigenvalue weighted by atomic mass is 10.0. The van der Waals surface area contributed by atoms with E-state index in [2.05, 4.69) is 27.0 Å². The minimum Gasteiger partial charge on any atom is -0.382 e. The van der Waals surface area contributed by atoms with Crippen molar-refractivity contribution in [3.05, 3.63) is 58.4 Å². The molecule has 0 unspecified atom stereocenters. The molecule has 0 bridgehead atoms. The number of rotatable bonds is 5. The first-order valence-electron chi connectivity index (χ1n) is 8.19. The molecule has 24 heavy (non-hydrogen) atoms. The van der Waals surface area contributed by atoms with E-state index >= 15 is 0 Å². The number of aromatic nitrogens is 1. The van der Waals surface area contributed by atoms with E-state index < -0.39 is 0 Å². The minimum absolute atomic E-state index is 0.118. The number of amides is 1. The Morgan fingerprint density at radius 1 is 1.21 bits per heavy atom. The van der Waals surface area contributed by atoms with Gasteiger partial charge in [0, 0.05) is 25.5 Å². The smallest absolute Gasteiger partial charge is 0.252 e. The second-order valence-electron chi connectivity index (χ2n) is 5.73. The summed E-state index contributed by atoms with van der Waals surface area (Å²) in [5.41, 5.74) is 4.18. The predicted molar refractivity (Wildman–Crippen MR) is 96.8 cm³/mol. The number of anilines is 1. The van der Waals surface area contributed by atoms with Crippen LogP contribution in [0.25, 0.3) is 0 Å². The fourth-order valence-corrected chi connectivity index (χ4v) is 3.14. The highest BCUT2D eigenvalue weighted by atomic mass is 35.5. The van der Waals surface area contributed by atoms with E-state index in [1.54, 1.807) is 24.5 Å². The molecule has 0 atom stereocenters. The zero-order chi connectivity index (χ0) is 16.8. The molecular weight excluding hydrogens is 324 g/mol. The molecule has 2 aromatic rings. The van der Waals surface area contributed by atoms with Crippen LogP contribution in [0.15, 0.2) is 36.7 Å². The zero-order valence-corrected chi connectivity index (χ0v) is 14.2. The number of benzene rings is 1. The summed E-state index contributed by atoms with van der Waals surface area (Å²) in [6, 6.07) is 7.55. The van der Waals surface area contributed by atoms with E-state index in [1.807, 2.05) is 6.07 Å². The number of hydrogen-bond donors (Lipinski definition) is 3. The van der Waals surface area contributed by atoms with Crippen LogP contribution in [0.2, 0.25) is 5.02 Å². The van der Waals surface area contributed by atoms with Gasteiger partial charge in [0.05, 0.1) is 16.3 Å². The lowest BCUT2D eigenvalue weighted by molar-refractivity contribution is 0.0955. The number of nitrogens with zero attached hydrogens (tertiary/aromatic N) is 1. The van der Waals surface area contributed by atoms with Crippen molar-refractivity contribution in [3.63, 3.8) is 0 Å². The molecular formula is C18H21ClN4O. The molecule has 1 aromatic heterocycles. The van der Waals surface area contributed by atoms with Crippen molar-refractivity contribution in [1.29, 1.82) is 0 Å². The third-order valence-corrected chi connectivity index (χ3v) is 4.43. The molecule has 0 aliphatic carbocycles. The Hall–Kier alpha value is -2.11. The maximum absolute atomic E-state index is 12.0. The van der Waals surface area contributed by atoms with Gasteiger partial charge in [-0.15, -0.1) is 0 Å². The Kier molecular flexibility index (Phi) is 5.67. The Morgan fingerprint density at radius 3 is 2.92 bits per heavy atom. The first-order valence-corrected chi connectivity index (χ1v) is 8.56. The van der Waals surface area contributed by atoms with Crippen LogP contribution in [-0.4, -0.2) is 37.1 Å². The Bertz CT molecular complexity index is 706. The normalized spacial score (nSPS) is 13.7. The number of fused-ring (bicyclic) bond motifs is 1. The van der Waals surface area contributed by atoms with Gasteiger partial charge in [0.2, 0.25) is 0 Å². The maximum Gasteiger partial charge on any atom is 0.252 e. The largest absolute Gasteiger partial charge is 0.382 e. The summed E-state index contributed by atoms with van der Waals surface area (Å²) in [7, 11) is 0. The summed E-state index contributed by atoms with van der Waals surface area (Å²) in [6.07, 6.45) is 5.18. The van der Waals surface area contributed by atoms with Crippen molar-refractivity contribution in [1.82, 2.24) is 15.6 Å². The molecule has 3 N–H and O–H groups in total. The quantitative estimate of drug-likeness (QED) is 0.728. The first-order chi connectivity index (χ1) is 11.8. The Labute approximate surface area is 146 Å². The molecule has 6 heteroatoms. The molecule has 1 aliphatic rings. The first kappa shape index (κ1) is 16.7. The van der Waals surface area contributed by atoms with Crippen LogP contribution in [0.5, 0.6) is 0 Å². The van der Waals surface area contributed by atoms with E-state index in [4.69, 9.17) is 11.6 Å². The lowest BCUT2D eigenvalue weighted by Gasteiger charge is -2.16. The maximum atomic E-state index is 12.0. The number of carbonyl (C=O) groups is 1. The van der Waals surface area contributed by atoms with Crippen LogP contribution >= 0.6 is 11.6 Å². The summed E-state index contributed by atoms with van der Waals surface area (Å²) >= 11 is 6.37. The van der Waals surface area contributed by atoms with E-state index in [1.165, 1.54) is 11.1 Å². The molecule has 5 nitrogen and oxygen atoms in total. The van der Waals surface area contributed by atoms with Crippen molar-refractivity contribution >= 4 is 23.2 Å². The van der Waals surface area contributed by atoms with Crippen LogP contribution in [0.4, 0.5) is 5.69 Å². The van der Waals surface area contributed by atoms with Gasteiger partial charge in [0.25, 0.3) is 5.91 Å². The zero-order valence-electron chi connectivity index (χ0n) is 13.4. The predicted octanol–water partition coefficient (Wildman–Crippen LogP) is 2.27. The molecule has 0 fully saturated rings. The Morgan fingerprint density at radius 2 is 2.08 bits per heavy atom. The monoisotopic (exact) mass is 344 g/mol. The van der Waals surface area contributed by atoms with Gasteiger partial charge in [0.1, 0.15) is 0 Å². The minimum atomic E-state index is -0.118. The van der Waals surface area contributed by atoms with Crippen LogP contribution < -0.4 is 16.0 Å². The number of hydrogen-bond acceptors (Lipinski definition) is 4. The SMILES string of the molecule is O=C(NCCNc1c(Cl)ccc2c1CCNCC2)c1cccnc1. The molecule has 0 saturated carbocycles. The van der Waals surface area contributed by atoms with Gasteiger partial charge < -0.3 is 16.0 Å². The molecule has 3 rings (SSSR count). The summed E-state index contributed by atoms with van der Waals surface area (Å²) in [5.74, 6) is -0.118. The van der Waals surface area contributed by atoms with Gasteiger partial charge in [-0.3, -0.25) is 9.78 Å². The number of nitrogens with one attached hydrogen (secondary N) is 3. The summed E-state index contributed by atoms with van der Waals surface area (Å²) in [4.78, 5) is 15.9. The van der Waals surface area contributed by atoms with Gasteiger partial charge >= 0.3 is 0 Å². The van der Waals surface area contributed by atoms with Crippen molar-refractivity contribution in [2.75, 3.05) is 31.5 Å². The van der Waals surface area contributed by atoms with Gasteiger partial charge in [-0.1, -0.05) is 17.7 Å². The van der Waals surface area contributed by atoms with Crippen LogP contribution in [0.3, 0.4) is 0 Å². The number of carbonyl (C=O) groups excluding carboxylic acids is 1. The molecule has 1 aromatic carbocycles. The van der Waals surface area contributed by atoms with Crippen molar-refractivity contribution in [2.45, 2.75) is 12.8 Å². The van der Waals surface area contributed by atoms with Crippen molar-refractivity contribution in [3.8, 4) is 0 Å². The lowest BCUT2D eigenvalue weighted by Crippen LogP contribution is -2.29. The highest BCUT2D eigenvalue weighted by molar-refractivity contribution is 6.33. The van der Waals surface area contributed by atoms with Gasteiger partial charge in [0.15, 0.2) is 0 Å². The standard InChI is InChI=1S/C18H21ClN4O/c19-16-4-3-13-5-8-20-9-6-15(13)17(16)22-10-11-23-18(24)14-2-1-7-21-12-14/h1-4,7,12,20,22H,5-6,8-11H2,(H,23,24). The molecule has 1 amide bonds. The van der Waals surface area contributed by atoms with Gasteiger partial charge in [-0.2, -0.15) is 0 Å². The van der Waals surface area contributed by atoms with E-state index in [0.717, 1.165) is 36.6 Å². The molecule has 0 saturated heterocycles. The van der Waals surface area contributed by atoms with Crippen LogP contribution in [0.1, 0.15) is 21.5 Å². The van der Waals surface area contributed by atoms with Crippen LogP contribution in [0, 0.1) is 0 Å². The average Bonchev–Trinajstić information content (AvgIpc) is 2.86. The molecule has 126 valence electrons. The van der Waals surface area contributed by atoms with Crippen LogP contribution in [-0.2, 0) is 12.8 Å². The fourth-order valence-electron chi connectivity index (χ4n) is 2.90. The second-order valence-corrected chi connectivity index (χ2v) is 6.14. The second kappa shape index (κ2) is 8.13. The summed E-state index contributed by atoms with van der Waals surface area (Å²) in [6.45, 7) is 3.09. The molecule has 1 aliphatic heterocycles. The number of pyridine rings is 1. The molecule has 2 heterocycles. The molecule has 0 spiro atoms. The Balaban J connectivity index is 1.58. The van der Waals surface area contributed by atoms with Gasteiger partial charge in [-0.25, -0.2) is 0 Å². The van der Waals surface area contributed by atoms with Gasteiger partial charge in [-0.05, 0) is 55.3 Å². The van der Waals surface area contributed by atoms with Crippen molar-refractivity contribution in [2.24, 2.45) is 0 Å². The average molecular weight is 345 g/mol. The van der Waals surface area contributed by atoms with E-state index in [-0.39, 0.29) is 5.91 Å².